The van der Waals surface area contributed by atoms with E-state index in [1.54, 1.807) is 24.3 Å². The van der Waals surface area contributed by atoms with E-state index < -0.39 is 0 Å². The van der Waals surface area contributed by atoms with Gasteiger partial charge in [-0.2, -0.15) is 0 Å². The number of hydrogen-bond acceptors (Lipinski definition) is 4. The summed E-state index contributed by atoms with van der Waals surface area (Å²) in [7, 11) is 0. The molecular weight excluding hydrogens is 366 g/mol. The van der Waals surface area contributed by atoms with E-state index >= 15 is 0 Å². The lowest BCUT2D eigenvalue weighted by atomic mass is 10.1. The minimum atomic E-state index is -0.275. The fraction of sp³-hybridized carbons (Fsp3) is 0.348. The number of benzene rings is 2. The fourth-order valence-electron chi connectivity index (χ4n) is 3.55. The molecule has 0 saturated carbocycles. The highest BCUT2D eigenvalue weighted by Gasteiger charge is 2.34. The summed E-state index contributed by atoms with van der Waals surface area (Å²) in [6.45, 7) is 6.54. The number of likely N-dealkylation sites (N-methyl/N-ethyl adjacent to an activating group) is 1. The molecule has 29 heavy (non-hydrogen) atoms. The summed E-state index contributed by atoms with van der Waals surface area (Å²) in [5.74, 6) is -0.618. The predicted molar refractivity (Wildman–Crippen MR) is 113 cm³/mol. The SMILES string of the molecule is CCN(CCNC(=O)CCCN1C(=O)c2ccccc2C1=O)c1cccc(C)c1. The average molecular weight is 393 g/mol. The molecule has 6 heteroatoms. The van der Waals surface area contributed by atoms with Gasteiger partial charge in [-0.25, -0.2) is 0 Å². The molecule has 0 unspecified atom stereocenters. The van der Waals surface area contributed by atoms with Gasteiger partial charge in [-0.3, -0.25) is 19.3 Å². The molecule has 1 N–H and O–H groups in total. The van der Waals surface area contributed by atoms with Crippen LogP contribution in [0.2, 0.25) is 0 Å². The van der Waals surface area contributed by atoms with Crippen molar-refractivity contribution in [3.05, 3.63) is 65.2 Å². The summed E-state index contributed by atoms with van der Waals surface area (Å²) in [6.07, 6.45) is 0.733. The number of rotatable bonds is 9. The molecule has 0 spiro atoms. The summed E-state index contributed by atoms with van der Waals surface area (Å²) < 4.78 is 0. The van der Waals surface area contributed by atoms with Crippen LogP contribution in [0, 0.1) is 6.92 Å². The molecule has 2 aromatic carbocycles. The standard InChI is InChI=1S/C23H27N3O3/c1-3-25(18-9-6-8-17(2)16-18)15-13-24-21(27)12-7-14-26-22(28)19-10-4-5-11-20(19)23(26)29/h4-6,8-11,16H,3,7,12-15H2,1-2H3,(H,24,27). The molecule has 0 radical (unpaired) electrons. The van der Waals surface area contributed by atoms with Crippen molar-refractivity contribution >= 4 is 23.4 Å². The van der Waals surface area contributed by atoms with E-state index in [1.807, 2.05) is 6.07 Å². The van der Waals surface area contributed by atoms with Crippen molar-refractivity contribution < 1.29 is 14.4 Å². The van der Waals surface area contributed by atoms with E-state index in [1.165, 1.54) is 10.5 Å². The van der Waals surface area contributed by atoms with Gasteiger partial charge in [-0.05, 0) is 50.1 Å². The van der Waals surface area contributed by atoms with Crippen molar-refractivity contribution in [1.29, 1.82) is 0 Å². The lowest BCUT2D eigenvalue weighted by Crippen LogP contribution is -2.35. The van der Waals surface area contributed by atoms with E-state index in [-0.39, 0.29) is 30.7 Å². The summed E-state index contributed by atoms with van der Waals surface area (Å²) in [5, 5.41) is 2.93. The Morgan fingerprint density at radius 1 is 1.03 bits per heavy atom. The highest BCUT2D eigenvalue weighted by molar-refractivity contribution is 6.21. The molecule has 6 nitrogen and oxygen atoms in total. The number of imide groups is 1. The van der Waals surface area contributed by atoms with Gasteiger partial charge in [0.2, 0.25) is 5.91 Å². The highest BCUT2D eigenvalue weighted by Crippen LogP contribution is 2.22. The van der Waals surface area contributed by atoms with Gasteiger partial charge in [0.15, 0.2) is 0 Å². The van der Waals surface area contributed by atoms with Crippen molar-refractivity contribution in [2.75, 3.05) is 31.1 Å². The van der Waals surface area contributed by atoms with Gasteiger partial charge in [0.25, 0.3) is 11.8 Å². The number of hydrogen-bond donors (Lipinski definition) is 1. The van der Waals surface area contributed by atoms with Crippen LogP contribution in [0.15, 0.2) is 48.5 Å². The first-order chi connectivity index (χ1) is 14.0. The zero-order chi connectivity index (χ0) is 20.8. The van der Waals surface area contributed by atoms with Gasteiger partial charge in [0.05, 0.1) is 11.1 Å². The number of amides is 3. The van der Waals surface area contributed by atoms with E-state index in [4.69, 9.17) is 0 Å². The predicted octanol–water partition coefficient (Wildman–Crippen LogP) is 3.01. The van der Waals surface area contributed by atoms with E-state index in [0.29, 0.717) is 24.1 Å². The minimum absolute atomic E-state index is 0.0677. The summed E-state index contributed by atoms with van der Waals surface area (Å²) >= 11 is 0. The first kappa shape index (κ1) is 20.6. The van der Waals surface area contributed by atoms with Crippen LogP contribution in [0.1, 0.15) is 46.0 Å². The van der Waals surface area contributed by atoms with Crippen molar-refractivity contribution in [2.24, 2.45) is 0 Å². The van der Waals surface area contributed by atoms with Crippen LogP contribution in [0.3, 0.4) is 0 Å². The zero-order valence-corrected chi connectivity index (χ0v) is 17.0. The number of aryl methyl sites for hydroxylation is 1. The van der Waals surface area contributed by atoms with Crippen LogP contribution in [0.5, 0.6) is 0 Å². The van der Waals surface area contributed by atoms with Gasteiger partial charge in [-0.15, -0.1) is 0 Å². The van der Waals surface area contributed by atoms with Gasteiger partial charge in [0, 0.05) is 38.3 Å². The highest BCUT2D eigenvalue weighted by atomic mass is 16.2. The van der Waals surface area contributed by atoms with Crippen LogP contribution in [-0.2, 0) is 4.79 Å². The van der Waals surface area contributed by atoms with Gasteiger partial charge < -0.3 is 10.2 Å². The Morgan fingerprint density at radius 2 is 1.72 bits per heavy atom. The maximum Gasteiger partial charge on any atom is 0.261 e. The van der Waals surface area contributed by atoms with Crippen molar-refractivity contribution in [3.8, 4) is 0 Å². The smallest absolute Gasteiger partial charge is 0.261 e. The molecule has 1 aliphatic rings. The molecule has 0 saturated heterocycles. The van der Waals surface area contributed by atoms with Crippen LogP contribution in [0.25, 0.3) is 0 Å². The molecule has 3 rings (SSSR count). The molecule has 0 atom stereocenters. The molecule has 1 aliphatic heterocycles. The fourth-order valence-corrected chi connectivity index (χ4v) is 3.55. The molecule has 0 aliphatic carbocycles. The first-order valence-electron chi connectivity index (χ1n) is 10.0. The molecule has 0 fully saturated rings. The largest absolute Gasteiger partial charge is 0.370 e. The van der Waals surface area contributed by atoms with Gasteiger partial charge in [0.1, 0.15) is 0 Å². The number of nitrogens with one attached hydrogen (secondary N) is 1. The van der Waals surface area contributed by atoms with Crippen LogP contribution in [-0.4, -0.2) is 48.8 Å². The van der Waals surface area contributed by atoms with E-state index in [0.717, 1.165) is 18.8 Å². The van der Waals surface area contributed by atoms with Crippen LogP contribution in [0.4, 0.5) is 5.69 Å². The molecule has 2 aromatic rings. The van der Waals surface area contributed by atoms with Crippen molar-refractivity contribution in [2.45, 2.75) is 26.7 Å². The Bertz CT molecular complexity index is 875. The quantitative estimate of drug-likeness (QED) is 0.665. The molecule has 3 amide bonds. The third-order valence-electron chi connectivity index (χ3n) is 5.12. The number of anilines is 1. The molecule has 0 aromatic heterocycles. The Balaban J connectivity index is 1.41. The monoisotopic (exact) mass is 393 g/mol. The topological polar surface area (TPSA) is 69.7 Å². The third kappa shape index (κ3) is 4.83. The second kappa shape index (κ2) is 9.37. The number of fused-ring (bicyclic) bond motifs is 1. The zero-order valence-electron chi connectivity index (χ0n) is 17.0. The molecule has 1 heterocycles. The lowest BCUT2D eigenvalue weighted by molar-refractivity contribution is -0.121. The van der Waals surface area contributed by atoms with Gasteiger partial charge >= 0.3 is 0 Å². The Morgan fingerprint density at radius 3 is 2.34 bits per heavy atom. The summed E-state index contributed by atoms with van der Waals surface area (Å²) in [6, 6.07) is 15.1. The lowest BCUT2D eigenvalue weighted by Gasteiger charge is -2.23. The second-order valence-electron chi connectivity index (χ2n) is 7.18. The van der Waals surface area contributed by atoms with E-state index in [2.05, 4.69) is 42.3 Å². The normalized spacial score (nSPS) is 12.8. The Kier molecular flexibility index (Phi) is 6.65. The maximum absolute atomic E-state index is 12.3. The minimum Gasteiger partial charge on any atom is -0.370 e. The number of carbonyl (C=O) groups excluding carboxylic acids is 3. The molecule has 0 bridgehead atoms. The molecule has 152 valence electrons. The van der Waals surface area contributed by atoms with E-state index in [9.17, 15) is 14.4 Å². The van der Waals surface area contributed by atoms with Gasteiger partial charge in [-0.1, -0.05) is 24.3 Å². The summed E-state index contributed by atoms with van der Waals surface area (Å²) in [4.78, 5) is 40.2. The number of nitrogens with zero attached hydrogens (tertiary/aromatic N) is 2. The Hall–Kier alpha value is -3.15. The Labute approximate surface area is 171 Å². The number of carbonyl (C=O) groups is 3. The first-order valence-corrected chi connectivity index (χ1v) is 10.0. The maximum atomic E-state index is 12.3. The van der Waals surface area contributed by atoms with Crippen molar-refractivity contribution in [1.82, 2.24) is 10.2 Å². The summed E-state index contributed by atoms with van der Waals surface area (Å²) in [5.41, 5.74) is 3.24. The van der Waals surface area contributed by atoms with Crippen LogP contribution < -0.4 is 10.2 Å². The third-order valence-corrected chi connectivity index (χ3v) is 5.12. The average Bonchev–Trinajstić information content (AvgIpc) is 2.96. The molecular formula is C23H27N3O3. The van der Waals surface area contributed by atoms with Crippen molar-refractivity contribution in [3.63, 3.8) is 0 Å². The second-order valence-corrected chi connectivity index (χ2v) is 7.18. The van der Waals surface area contributed by atoms with Crippen LogP contribution >= 0.6 is 0 Å².